The molecule has 0 spiro atoms. The van der Waals surface area contributed by atoms with Gasteiger partial charge in [0.25, 0.3) is 11.8 Å². The summed E-state index contributed by atoms with van der Waals surface area (Å²) in [4.78, 5) is 56.4. The van der Waals surface area contributed by atoms with Crippen molar-refractivity contribution in [3.8, 4) is 17.2 Å². The van der Waals surface area contributed by atoms with Crippen LogP contribution in [0.2, 0.25) is 0 Å². The zero-order chi connectivity index (χ0) is 37.8. The Hall–Kier alpha value is -6.11. The number of nitrogens with zero attached hydrogens (tertiary/aromatic N) is 2. The van der Waals surface area contributed by atoms with Crippen molar-refractivity contribution in [1.82, 2.24) is 10.3 Å². The van der Waals surface area contributed by atoms with Gasteiger partial charge in [-0.15, -0.1) is 0 Å². The summed E-state index contributed by atoms with van der Waals surface area (Å²) in [6.07, 6.45) is 1.40. The maximum atomic E-state index is 13.7. The number of pyridine rings is 1. The van der Waals surface area contributed by atoms with Crippen molar-refractivity contribution in [3.63, 3.8) is 0 Å². The minimum Gasteiger partial charge on any atom is -0.495 e. The molecule has 0 aliphatic carbocycles. The quantitative estimate of drug-likeness (QED) is 0.108. The number of alkyl carbamates (subject to hydrolysis) is 1. The Morgan fingerprint density at radius 2 is 1.60 bits per heavy atom. The molecule has 0 aliphatic rings. The summed E-state index contributed by atoms with van der Waals surface area (Å²) in [7, 11) is 4.39. The van der Waals surface area contributed by atoms with Gasteiger partial charge in [0.05, 0.1) is 49.0 Å². The first-order valence-electron chi connectivity index (χ1n) is 16.5. The number of nitrogens with one attached hydrogen (secondary N) is 2. The first kappa shape index (κ1) is 38.7. The molecule has 0 aliphatic heterocycles. The molecule has 274 valence electrons. The van der Waals surface area contributed by atoms with E-state index in [1.54, 1.807) is 88.5 Å². The summed E-state index contributed by atoms with van der Waals surface area (Å²) in [5.74, 6) is -0.150. The second-order valence-corrected chi connectivity index (χ2v) is 12.6. The van der Waals surface area contributed by atoms with E-state index in [9.17, 15) is 19.2 Å². The lowest BCUT2D eigenvalue weighted by atomic mass is 10.1. The van der Waals surface area contributed by atoms with Gasteiger partial charge in [0.1, 0.15) is 29.5 Å². The fourth-order valence-corrected chi connectivity index (χ4v) is 4.87. The largest absolute Gasteiger partial charge is 0.495 e. The number of aryl methyl sites for hydroxylation is 1. The van der Waals surface area contributed by atoms with Gasteiger partial charge in [0.15, 0.2) is 0 Å². The predicted molar refractivity (Wildman–Crippen MR) is 196 cm³/mol. The Labute approximate surface area is 303 Å². The molecule has 0 saturated carbocycles. The van der Waals surface area contributed by atoms with Gasteiger partial charge in [-0.3, -0.25) is 14.6 Å². The lowest BCUT2D eigenvalue weighted by Gasteiger charge is -2.22. The van der Waals surface area contributed by atoms with Crippen LogP contribution in [0.15, 0.2) is 79.0 Å². The third-order valence-corrected chi connectivity index (χ3v) is 7.48. The van der Waals surface area contributed by atoms with Crippen LogP contribution >= 0.6 is 0 Å². The second kappa shape index (κ2) is 17.7. The number of benzene rings is 3. The first-order valence-corrected chi connectivity index (χ1v) is 16.5. The van der Waals surface area contributed by atoms with Gasteiger partial charge in [-0.1, -0.05) is 18.2 Å². The van der Waals surface area contributed by atoms with E-state index in [0.29, 0.717) is 58.2 Å². The highest BCUT2D eigenvalue weighted by Gasteiger charge is 2.21. The Kier molecular flexibility index (Phi) is 13.2. The summed E-state index contributed by atoms with van der Waals surface area (Å²) in [6, 6.07) is 20.3. The third-order valence-electron chi connectivity index (χ3n) is 7.48. The number of aromatic nitrogens is 1. The van der Waals surface area contributed by atoms with Crippen molar-refractivity contribution in [2.45, 2.75) is 46.3 Å². The Balaban J connectivity index is 1.41. The van der Waals surface area contributed by atoms with Crippen molar-refractivity contribution < 1.29 is 42.9 Å². The van der Waals surface area contributed by atoms with Crippen LogP contribution in [0.4, 0.5) is 16.2 Å². The van der Waals surface area contributed by atoms with Crippen LogP contribution in [0.1, 0.15) is 69.5 Å². The standard InChI is InChI=1S/C39H44N4O9/c1-25-13-18-31(34(21-25)51-24-28-16-14-27(23-41-28)37(46)49-7)43(5)36(45)26-15-17-30(33(22-26)48-6)42-35(44)29-11-8-9-12-32(29)50-20-10-19-40-38(47)52-39(2,3)4/h8-9,11-18,21-23H,10,19-20,24H2,1-7H3,(H,40,47)(H,42,44). The van der Waals surface area contributed by atoms with E-state index in [2.05, 4.69) is 15.6 Å². The van der Waals surface area contributed by atoms with Crippen LogP contribution in [-0.4, -0.2) is 68.9 Å². The van der Waals surface area contributed by atoms with Crippen molar-refractivity contribution in [1.29, 1.82) is 0 Å². The van der Waals surface area contributed by atoms with Crippen LogP contribution < -0.4 is 29.7 Å². The monoisotopic (exact) mass is 712 g/mol. The van der Waals surface area contributed by atoms with Crippen LogP contribution in [-0.2, 0) is 16.1 Å². The number of anilines is 2. The number of rotatable bonds is 14. The predicted octanol–water partition coefficient (Wildman–Crippen LogP) is 6.59. The van der Waals surface area contributed by atoms with E-state index in [1.165, 1.54) is 25.3 Å². The molecule has 0 radical (unpaired) electrons. The molecular formula is C39H44N4O9. The van der Waals surface area contributed by atoms with E-state index < -0.39 is 23.6 Å². The number of methoxy groups -OCH3 is 2. The average molecular weight is 713 g/mol. The number of carbonyl (C=O) groups is 4. The topological polar surface area (TPSA) is 155 Å². The first-order chi connectivity index (χ1) is 24.8. The van der Waals surface area contributed by atoms with Crippen LogP contribution in [0.25, 0.3) is 0 Å². The molecule has 13 nitrogen and oxygen atoms in total. The van der Waals surface area contributed by atoms with Crippen LogP contribution in [0.3, 0.4) is 0 Å². The number of ether oxygens (including phenoxy) is 5. The van der Waals surface area contributed by atoms with E-state index >= 15 is 0 Å². The molecule has 3 aromatic carbocycles. The SMILES string of the molecule is COC(=O)c1ccc(COc2cc(C)ccc2N(C)C(=O)c2ccc(NC(=O)c3ccccc3OCCCNC(=O)OC(C)(C)C)c(OC)c2)nc1. The Bertz CT molecular complexity index is 1890. The Morgan fingerprint density at radius 1 is 0.846 bits per heavy atom. The summed E-state index contributed by atoms with van der Waals surface area (Å²) in [5.41, 5.74) is 2.73. The molecule has 0 bridgehead atoms. The summed E-state index contributed by atoms with van der Waals surface area (Å²) >= 11 is 0. The fraction of sp³-hybridized carbons (Fsp3) is 0.308. The number of esters is 1. The van der Waals surface area contributed by atoms with Crippen LogP contribution in [0.5, 0.6) is 17.2 Å². The summed E-state index contributed by atoms with van der Waals surface area (Å²) in [5, 5.41) is 5.53. The molecule has 4 aromatic rings. The highest BCUT2D eigenvalue weighted by molar-refractivity contribution is 6.09. The summed E-state index contributed by atoms with van der Waals surface area (Å²) < 4.78 is 27.5. The van der Waals surface area contributed by atoms with E-state index in [4.69, 9.17) is 23.7 Å². The number of hydrogen-bond donors (Lipinski definition) is 2. The molecule has 52 heavy (non-hydrogen) atoms. The molecule has 1 heterocycles. The van der Waals surface area contributed by atoms with Crippen LogP contribution in [0, 0.1) is 6.92 Å². The van der Waals surface area contributed by atoms with Gasteiger partial charge in [-0.05, 0) is 94.3 Å². The molecule has 13 heteroatoms. The molecule has 2 N–H and O–H groups in total. The maximum absolute atomic E-state index is 13.7. The zero-order valence-corrected chi connectivity index (χ0v) is 30.4. The average Bonchev–Trinajstić information content (AvgIpc) is 3.12. The molecule has 0 fully saturated rings. The number of amides is 3. The van der Waals surface area contributed by atoms with Gasteiger partial charge >= 0.3 is 12.1 Å². The van der Waals surface area contributed by atoms with E-state index in [0.717, 1.165) is 5.56 Å². The van der Waals surface area contributed by atoms with Gasteiger partial charge in [-0.25, -0.2) is 9.59 Å². The zero-order valence-electron chi connectivity index (χ0n) is 30.4. The Morgan fingerprint density at radius 3 is 2.29 bits per heavy atom. The minimum atomic E-state index is -0.591. The number of hydrogen-bond acceptors (Lipinski definition) is 10. The molecule has 0 unspecified atom stereocenters. The van der Waals surface area contributed by atoms with Crippen molar-refractivity contribution in [2.75, 3.05) is 44.6 Å². The molecule has 4 rings (SSSR count). The van der Waals surface area contributed by atoms with E-state index in [-0.39, 0.29) is 24.9 Å². The molecular weight excluding hydrogens is 668 g/mol. The van der Waals surface area contributed by atoms with Crippen molar-refractivity contribution in [2.24, 2.45) is 0 Å². The number of carbonyl (C=O) groups excluding carboxylic acids is 4. The van der Waals surface area contributed by atoms with Crippen molar-refractivity contribution in [3.05, 3.63) is 107 Å². The smallest absolute Gasteiger partial charge is 0.407 e. The second-order valence-electron chi connectivity index (χ2n) is 12.6. The maximum Gasteiger partial charge on any atom is 0.407 e. The lowest BCUT2D eigenvalue weighted by Crippen LogP contribution is -2.33. The van der Waals surface area contributed by atoms with Gasteiger partial charge in [-0.2, -0.15) is 0 Å². The van der Waals surface area contributed by atoms with Gasteiger partial charge in [0.2, 0.25) is 0 Å². The van der Waals surface area contributed by atoms with Crippen molar-refractivity contribution >= 4 is 35.3 Å². The van der Waals surface area contributed by atoms with Gasteiger partial charge in [0, 0.05) is 25.4 Å². The highest BCUT2D eigenvalue weighted by Crippen LogP contribution is 2.33. The normalized spacial score (nSPS) is 10.8. The molecule has 1 aromatic heterocycles. The fourth-order valence-electron chi connectivity index (χ4n) is 4.87. The summed E-state index contributed by atoms with van der Waals surface area (Å²) in [6.45, 7) is 7.97. The van der Waals surface area contributed by atoms with Gasteiger partial charge < -0.3 is 39.2 Å². The minimum absolute atomic E-state index is 0.0988. The number of para-hydroxylation sites is 1. The third kappa shape index (κ3) is 10.7. The highest BCUT2D eigenvalue weighted by atomic mass is 16.6. The lowest BCUT2D eigenvalue weighted by molar-refractivity contribution is 0.0524. The molecule has 3 amide bonds. The molecule has 0 atom stereocenters. The van der Waals surface area contributed by atoms with E-state index in [1.807, 2.05) is 19.1 Å². The molecule has 0 saturated heterocycles.